The van der Waals surface area contributed by atoms with Crippen molar-refractivity contribution in [3.8, 4) is 0 Å². The molecule has 0 amide bonds. The molecule has 0 radical (unpaired) electrons. The van der Waals surface area contributed by atoms with E-state index in [9.17, 15) is 25.2 Å². The van der Waals surface area contributed by atoms with Gasteiger partial charge in [0.1, 0.15) is 18.0 Å². The van der Waals surface area contributed by atoms with Crippen LogP contribution in [0.1, 0.15) is 39.5 Å². The van der Waals surface area contributed by atoms with Gasteiger partial charge in [-0.1, -0.05) is 26.0 Å². The van der Waals surface area contributed by atoms with Crippen molar-refractivity contribution in [3.63, 3.8) is 0 Å². The van der Waals surface area contributed by atoms with Gasteiger partial charge in [0.2, 0.25) is 0 Å². The molecule has 0 aromatic carbocycles. The third-order valence-electron chi connectivity index (χ3n) is 8.04. The molecule has 0 spiro atoms. The summed E-state index contributed by atoms with van der Waals surface area (Å²) in [6.45, 7) is 3.33. The Kier molecular flexibility index (Phi) is 3.82. The van der Waals surface area contributed by atoms with E-state index in [1.54, 1.807) is 12.2 Å². The van der Waals surface area contributed by atoms with Crippen LogP contribution in [-0.2, 0) is 4.79 Å². The number of rotatable bonds is 2. The SMILES string of the molecule is C[C@]12C=CC(O)=CC1=CC[C@@H]1[C@@H]2[C@@H](O)C[C@@]2(C)[C@H]1CC[C@]2(O)C(=O)CO. The van der Waals surface area contributed by atoms with Crippen LogP contribution in [0.2, 0.25) is 0 Å². The van der Waals surface area contributed by atoms with Crippen LogP contribution < -0.4 is 0 Å². The molecular formula is C21H28O5. The Morgan fingerprint density at radius 2 is 2.08 bits per heavy atom. The maximum Gasteiger partial charge on any atom is 0.190 e. The van der Waals surface area contributed by atoms with Gasteiger partial charge >= 0.3 is 0 Å². The summed E-state index contributed by atoms with van der Waals surface area (Å²) in [6.07, 6.45) is 9.08. The van der Waals surface area contributed by atoms with Gasteiger partial charge in [0.15, 0.2) is 5.78 Å². The summed E-state index contributed by atoms with van der Waals surface area (Å²) in [5, 5.41) is 41.5. The van der Waals surface area contributed by atoms with Gasteiger partial charge in [-0.2, -0.15) is 0 Å². The van der Waals surface area contributed by atoms with Crippen LogP contribution in [0.25, 0.3) is 0 Å². The molecule has 142 valence electrons. The van der Waals surface area contributed by atoms with Crippen LogP contribution in [0, 0.1) is 28.6 Å². The Morgan fingerprint density at radius 3 is 2.77 bits per heavy atom. The molecule has 2 saturated carbocycles. The fraction of sp³-hybridized carbons (Fsp3) is 0.667. The van der Waals surface area contributed by atoms with Gasteiger partial charge in [-0.25, -0.2) is 0 Å². The molecule has 4 aliphatic carbocycles. The van der Waals surface area contributed by atoms with Crippen molar-refractivity contribution >= 4 is 5.78 Å². The Hall–Kier alpha value is -1.43. The number of Topliss-reactive ketones (excluding diaryl/α,β-unsaturated/α-hetero) is 1. The first-order chi connectivity index (χ1) is 12.2. The second kappa shape index (κ2) is 5.54. The molecule has 7 atom stereocenters. The van der Waals surface area contributed by atoms with Crippen molar-refractivity contribution in [1.29, 1.82) is 0 Å². The van der Waals surface area contributed by atoms with E-state index in [2.05, 4.69) is 13.0 Å². The van der Waals surface area contributed by atoms with Gasteiger partial charge in [0, 0.05) is 16.7 Å². The number of carbonyl (C=O) groups excluding carboxylic acids is 1. The molecule has 0 heterocycles. The lowest BCUT2D eigenvalue weighted by Crippen LogP contribution is -2.61. The standard InChI is InChI=1S/C21H28O5/c1-19-7-5-13(23)9-12(19)3-4-14-15-6-8-21(26,17(25)11-22)20(15,2)10-16(24)18(14)19/h3,5,7,9,14-16,18,22-24,26H,4,6,8,10-11H2,1-2H3/t14-,15-,16-,18+,19-,20-,21-/m0/s1. The lowest BCUT2D eigenvalue weighted by Gasteiger charge is -2.58. The van der Waals surface area contributed by atoms with Gasteiger partial charge in [-0.15, -0.1) is 0 Å². The fourth-order valence-electron chi connectivity index (χ4n) is 6.69. The predicted molar refractivity (Wildman–Crippen MR) is 96.1 cm³/mol. The molecule has 2 fully saturated rings. The zero-order valence-electron chi connectivity index (χ0n) is 15.4. The molecule has 0 bridgehead atoms. The van der Waals surface area contributed by atoms with Gasteiger partial charge < -0.3 is 20.4 Å². The summed E-state index contributed by atoms with van der Waals surface area (Å²) < 4.78 is 0. The smallest absolute Gasteiger partial charge is 0.190 e. The van der Waals surface area contributed by atoms with Crippen LogP contribution in [-0.4, -0.2) is 44.5 Å². The van der Waals surface area contributed by atoms with Crippen molar-refractivity contribution in [3.05, 3.63) is 35.6 Å². The van der Waals surface area contributed by atoms with E-state index in [4.69, 9.17) is 0 Å². The van der Waals surface area contributed by atoms with Gasteiger partial charge in [0.25, 0.3) is 0 Å². The number of aliphatic hydroxyl groups is 4. The van der Waals surface area contributed by atoms with E-state index in [-0.39, 0.29) is 28.9 Å². The number of ketones is 1. The summed E-state index contributed by atoms with van der Waals surface area (Å²) in [6, 6.07) is 0. The summed E-state index contributed by atoms with van der Waals surface area (Å²) in [7, 11) is 0. The monoisotopic (exact) mass is 360 g/mol. The van der Waals surface area contributed by atoms with Crippen LogP contribution in [0.4, 0.5) is 0 Å². The maximum absolute atomic E-state index is 12.3. The van der Waals surface area contributed by atoms with Crippen molar-refractivity contribution < 1.29 is 25.2 Å². The first-order valence-electron chi connectivity index (χ1n) is 9.52. The van der Waals surface area contributed by atoms with E-state index < -0.39 is 29.5 Å². The first-order valence-corrected chi connectivity index (χ1v) is 9.52. The van der Waals surface area contributed by atoms with E-state index in [0.29, 0.717) is 12.8 Å². The Labute approximate surface area is 153 Å². The highest BCUT2D eigenvalue weighted by Crippen LogP contribution is 2.66. The van der Waals surface area contributed by atoms with Crippen LogP contribution in [0.5, 0.6) is 0 Å². The highest BCUT2D eigenvalue weighted by molar-refractivity contribution is 5.89. The third kappa shape index (κ3) is 2.05. The molecule has 4 aliphatic rings. The number of allylic oxidation sites excluding steroid dienone is 5. The highest BCUT2D eigenvalue weighted by Gasteiger charge is 2.67. The summed E-state index contributed by atoms with van der Waals surface area (Å²) in [5.41, 5.74) is -1.63. The minimum atomic E-state index is -1.57. The molecule has 4 rings (SSSR count). The van der Waals surface area contributed by atoms with Gasteiger partial charge in [-0.3, -0.25) is 4.79 Å². The number of aliphatic hydroxyl groups excluding tert-OH is 3. The molecule has 0 aromatic rings. The van der Waals surface area contributed by atoms with Crippen LogP contribution in [0.3, 0.4) is 0 Å². The quantitative estimate of drug-likeness (QED) is 0.604. The van der Waals surface area contributed by atoms with Crippen LogP contribution >= 0.6 is 0 Å². The topological polar surface area (TPSA) is 98.0 Å². The average Bonchev–Trinajstić information content (AvgIpc) is 2.86. The molecule has 26 heavy (non-hydrogen) atoms. The summed E-state index contributed by atoms with van der Waals surface area (Å²) in [4.78, 5) is 12.3. The molecule has 0 saturated heterocycles. The van der Waals surface area contributed by atoms with E-state index in [1.807, 2.05) is 13.0 Å². The minimum Gasteiger partial charge on any atom is -0.508 e. The number of fused-ring (bicyclic) bond motifs is 5. The Bertz CT molecular complexity index is 737. The summed E-state index contributed by atoms with van der Waals surface area (Å²) >= 11 is 0. The average molecular weight is 360 g/mol. The number of carbonyl (C=O) groups is 1. The molecule has 5 heteroatoms. The maximum atomic E-state index is 12.3. The minimum absolute atomic E-state index is 0.0206. The first kappa shape index (κ1) is 18.0. The van der Waals surface area contributed by atoms with Crippen molar-refractivity contribution in [1.82, 2.24) is 0 Å². The zero-order chi connectivity index (χ0) is 18.9. The molecule has 0 aliphatic heterocycles. The second-order valence-electron chi connectivity index (χ2n) is 9.05. The van der Waals surface area contributed by atoms with Crippen molar-refractivity contribution in [2.45, 2.75) is 51.2 Å². The fourth-order valence-corrected chi connectivity index (χ4v) is 6.69. The molecule has 0 aromatic heterocycles. The number of hydrogen-bond donors (Lipinski definition) is 4. The second-order valence-corrected chi connectivity index (χ2v) is 9.05. The van der Waals surface area contributed by atoms with Gasteiger partial charge in [0.05, 0.1) is 6.10 Å². The molecule has 0 unspecified atom stereocenters. The highest BCUT2D eigenvalue weighted by atomic mass is 16.3. The zero-order valence-corrected chi connectivity index (χ0v) is 15.4. The van der Waals surface area contributed by atoms with E-state index in [0.717, 1.165) is 18.4 Å². The normalized spacial score (nSPS) is 49.6. The lowest BCUT2D eigenvalue weighted by atomic mass is 9.47. The molecule has 5 nitrogen and oxygen atoms in total. The lowest BCUT2D eigenvalue weighted by molar-refractivity contribution is -0.176. The Morgan fingerprint density at radius 1 is 1.35 bits per heavy atom. The summed E-state index contributed by atoms with van der Waals surface area (Å²) in [5.74, 6) is -0.0640. The van der Waals surface area contributed by atoms with Crippen molar-refractivity contribution in [2.24, 2.45) is 28.6 Å². The van der Waals surface area contributed by atoms with E-state index in [1.165, 1.54) is 0 Å². The third-order valence-corrected chi connectivity index (χ3v) is 8.04. The van der Waals surface area contributed by atoms with Gasteiger partial charge in [-0.05, 0) is 55.2 Å². The number of hydrogen-bond acceptors (Lipinski definition) is 5. The Balaban J connectivity index is 1.77. The predicted octanol–water partition coefficient (Wildman–Crippen LogP) is 2.04. The largest absolute Gasteiger partial charge is 0.508 e. The van der Waals surface area contributed by atoms with Crippen molar-refractivity contribution in [2.75, 3.05) is 6.61 Å². The van der Waals surface area contributed by atoms with Crippen LogP contribution in [0.15, 0.2) is 35.6 Å². The molecule has 4 N–H and O–H groups in total. The van der Waals surface area contributed by atoms with E-state index >= 15 is 0 Å². The molecular weight excluding hydrogens is 332 g/mol.